The maximum absolute atomic E-state index is 12.1. The SMILES string of the molecule is CC(=O)c1cnc2ccc(Br)cc2c1NC1CCC(C(C)S(=O)(=O)O)CC1. The van der Waals surface area contributed by atoms with Crippen LogP contribution in [0.25, 0.3) is 10.9 Å². The predicted molar refractivity (Wildman–Crippen MR) is 110 cm³/mol. The Morgan fingerprint density at radius 3 is 2.56 bits per heavy atom. The summed E-state index contributed by atoms with van der Waals surface area (Å²) in [6, 6.07) is 5.90. The summed E-state index contributed by atoms with van der Waals surface area (Å²) in [4.78, 5) is 16.5. The molecule has 1 aromatic heterocycles. The highest BCUT2D eigenvalue weighted by molar-refractivity contribution is 9.10. The molecule has 0 amide bonds. The molecule has 1 aliphatic carbocycles. The molecule has 0 aliphatic heterocycles. The monoisotopic (exact) mass is 454 g/mol. The van der Waals surface area contributed by atoms with Gasteiger partial charge >= 0.3 is 0 Å². The van der Waals surface area contributed by atoms with Gasteiger partial charge in [0.25, 0.3) is 10.1 Å². The second kappa shape index (κ2) is 7.85. The van der Waals surface area contributed by atoms with Crippen molar-refractivity contribution in [1.29, 1.82) is 0 Å². The number of hydrogen-bond donors (Lipinski definition) is 2. The van der Waals surface area contributed by atoms with Gasteiger partial charge in [0.1, 0.15) is 0 Å². The van der Waals surface area contributed by atoms with Crippen LogP contribution in [0.3, 0.4) is 0 Å². The van der Waals surface area contributed by atoms with E-state index in [0.29, 0.717) is 18.4 Å². The molecule has 1 aliphatic rings. The standard InChI is InChI=1S/C19H23BrN2O4S/c1-11(23)17-10-21-18-8-5-14(20)9-16(18)19(17)22-15-6-3-13(4-7-15)12(2)27(24,25)26/h5,8-10,12-13,15H,3-4,6-7H2,1-2H3,(H,21,22)(H,24,25,26). The molecule has 1 fully saturated rings. The Morgan fingerprint density at radius 2 is 1.96 bits per heavy atom. The summed E-state index contributed by atoms with van der Waals surface area (Å²) in [5, 5.41) is 3.64. The summed E-state index contributed by atoms with van der Waals surface area (Å²) in [5.41, 5.74) is 2.13. The molecule has 0 radical (unpaired) electrons. The minimum Gasteiger partial charge on any atom is -0.381 e. The van der Waals surface area contributed by atoms with Crippen LogP contribution in [0.1, 0.15) is 49.9 Å². The number of ketones is 1. The molecular weight excluding hydrogens is 432 g/mol. The topological polar surface area (TPSA) is 96.4 Å². The minimum absolute atomic E-state index is 0.0475. The fraction of sp³-hybridized carbons (Fsp3) is 0.474. The number of fused-ring (bicyclic) bond motifs is 1. The second-order valence-corrected chi connectivity index (χ2v) is 9.93. The molecule has 1 heterocycles. The fourth-order valence-corrected chi connectivity index (χ4v) is 4.89. The van der Waals surface area contributed by atoms with Crippen molar-refractivity contribution in [3.63, 3.8) is 0 Å². The molecule has 1 atom stereocenters. The maximum atomic E-state index is 12.1. The van der Waals surface area contributed by atoms with E-state index in [2.05, 4.69) is 26.2 Å². The first-order chi connectivity index (χ1) is 12.7. The van der Waals surface area contributed by atoms with E-state index in [4.69, 9.17) is 0 Å². The van der Waals surface area contributed by atoms with Crippen LogP contribution in [-0.2, 0) is 10.1 Å². The lowest BCUT2D eigenvalue weighted by Gasteiger charge is -2.32. The molecule has 1 aromatic carbocycles. The quantitative estimate of drug-likeness (QED) is 0.511. The Morgan fingerprint density at radius 1 is 1.30 bits per heavy atom. The molecule has 0 bridgehead atoms. The van der Waals surface area contributed by atoms with E-state index >= 15 is 0 Å². The minimum atomic E-state index is -4.01. The molecule has 1 unspecified atom stereocenters. The number of hydrogen-bond acceptors (Lipinski definition) is 5. The first-order valence-corrected chi connectivity index (χ1v) is 11.3. The van der Waals surface area contributed by atoms with Crippen molar-refractivity contribution in [3.05, 3.63) is 34.4 Å². The van der Waals surface area contributed by atoms with Crippen LogP contribution >= 0.6 is 15.9 Å². The third-order valence-electron chi connectivity index (χ3n) is 5.46. The zero-order chi connectivity index (χ0) is 19.8. The number of nitrogens with one attached hydrogen (secondary N) is 1. The Bertz CT molecular complexity index is 969. The fourth-order valence-electron chi connectivity index (χ4n) is 3.77. The Kier molecular flexibility index (Phi) is 5.88. The van der Waals surface area contributed by atoms with E-state index in [0.717, 1.165) is 33.9 Å². The van der Waals surface area contributed by atoms with E-state index in [9.17, 15) is 17.8 Å². The van der Waals surface area contributed by atoms with E-state index in [-0.39, 0.29) is 17.7 Å². The summed E-state index contributed by atoms with van der Waals surface area (Å²) in [7, 11) is -4.01. The maximum Gasteiger partial charge on any atom is 0.267 e. The van der Waals surface area contributed by atoms with Crippen molar-refractivity contribution in [3.8, 4) is 0 Å². The number of aromatic nitrogens is 1. The van der Waals surface area contributed by atoms with Crippen LogP contribution in [0.15, 0.2) is 28.9 Å². The number of benzene rings is 1. The summed E-state index contributed by atoms with van der Waals surface area (Å²) < 4.78 is 33.0. The second-order valence-electron chi connectivity index (χ2n) is 7.24. The molecular formula is C19H23BrN2O4S. The molecule has 27 heavy (non-hydrogen) atoms. The molecule has 0 saturated heterocycles. The molecule has 0 spiro atoms. The molecule has 3 rings (SSSR count). The number of carbonyl (C=O) groups is 1. The smallest absolute Gasteiger partial charge is 0.267 e. The lowest BCUT2D eigenvalue weighted by molar-refractivity contribution is 0.101. The Balaban J connectivity index is 1.84. The van der Waals surface area contributed by atoms with Crippen molar-refractivity contribution in [2.75, 3.05) is 5.32 Å². The summed E-state index contributed by atoms with van der Waals surface area (Å²) in [6.07, 6.45) is 4.58. The van der Waals surface area contributed by atoms with Crippen molar-refractivity contribution < 1.29 is 17.8 Å². The van der Waals surface area contributed by atoms with E-state index in [1.54, 1.807) is 13.1 Å². The van der Waals surface area contributed by atoms with Gasteiger partial charge in [0.2, 0.25) is 0 Å². The highest BCUT2D eigenvalue weighted by Gasteiger charge is 2.32. The van der Waals surface area contributed by atoms with Crippen molar-refractivity contribution in [2.24, 2.45) is 5.92 Å². The summed E-state index contributed by atoms with van der Waals surface area (Å²) >= 11 is 3.47. The summed E-state index contributed by atoms with van der Waals surface area (Å²) in [6.45, 7) is 3.09. The van der Waals surface area contributed by atoms with Gasteiger partial charge in [-0.25, -0.2) is 0 Å². The largest absolute Gasteiger partial charge is 0.381 e. The van der Waals surface area contributed by atoms with Gasteiger partial charge in [0.05, 0.1) is 22.0 Å². The lowest BCUT2D eigenvalue weighted by Crippen LogP contribution is -2.34. The zero-order valence-electron chi connectivity index (χ0n) is 15.3. The summed E-state index contributed by atoms with van der Waals surface area (Å²) in [5.74, 6) is -0.103. The van der Waals surface area contributed by atoms with Gasteiger partial charge in [-0.1, -0.05) is 15.9 Å². The average Bonchev–Trinajstić information content (AvgIpc) is 2.61. The molecule has 8 heteroatoms. The van der Waals surface area contributed by atoms with Crippen LogP contribution in [-0.4, -0.2) is 35.0 Å². The van der Waals surface area contributed by atoms with E-state index in [1.165, 1.54) is 6.92 Å². The van der Waals surface area contributed by atoms with Crippen molar-refractivity contribution in [1.82, 2.24) is 4.98 Å². The van der Waals surface area contributed by atoms with E-state index in [1.807, 2.05) is 18.2 Å². The third kappa shape index (κ3) is 4.50. The van der Waals surface area contributed by atoms with Gasteiger partial charge in [0.15, 0.2) is 5.78 Å². The van der Waals surface area contributed by atoms with Gasteiger partial charge in [0, 0.05) is 22.1 Å². The van der Waals surface area contributed by atoms with Crippen LogP contribution in [0.5, 0.6) is 0 Å². The average molecular weight is 455 g/mol. The van der Waals surface area contributed by atoms with Gasteiger partial charge in [-0.3, -0.25) is 14.3 Å². The molecule has 6 nitrogen and oxygen atoms in total. The number of anilines is 1. The molecule has 2 N–H and O–H groups in total. The molecule has 2 aromatic rings. The first kappa shape index (κ1) is 20.2. The number of Topliss-reactive ketones (excluding diaryl/α,β-unsaturated/α-hetero) is 1. The number of halogens is 1. The normalized spacial score (nSPS) is 21.8. The van der Waals surface area contributed by atoms with Gasteiger partial charge < -0.3 is 5.32 Å². The zero-order valence-corrected chi connectivity index (χ0v) is 17.7. The van der Waals surface area contributed by atoms with Crippen molar-refractivity contribution in [2.45, 2.75) is 50.8 Å². The van der Waals surface area contributed by atoms with Gasteiger partial charge in [-0.2, -0.15) is 8.42 Å². The van der Waals surface area contributed by atoms with Crippen LogP contribution in [0.4, 0.5) is 5.69 Å². The molecule has 1 saturated carbocycles. The number of pyridine rings is 1. The van der Waals surface area contributed by atoms with Crippen molar-refractivity contribution >= 4 is 48.4 Å². The van der Waals surface area contributed by atoms with Crippen LogP contribution in [0.2, 0.25) is 0 Å². The predicted octanol–water partition coefficient (Wildman–Crippen LogP) is 4.45. The first-order valence-electron chi connectivity index (χ1n) is 8.99. The lowest BCUT2D eigenvalue weighted by atomic mass is 9.84. The Hall–Kier alpha value is -1.51. The number of rotatable bonds is 5. The molecule has 146 valence electrons. The highest BCUT2D eigenvalue weighted by atomic mass is 79.9. The van der Waals surface area contributed by atoms with Gasteiger partial charge in [-0.15, -0.1) is 0 Å². The van der Waals surface area contributed by atoms with Crippen LogP contribution in [0, 0.1) is 5.92 Å². The highest BCUT2D eigenvalue weighted by Crippen LogP contribution is 2.34. The Labute approximate surface area is 167 Å². The number of nitrogens with zero attached hydrogens (tertiary/aromatic N) is 1. The van der Waals surface area contributed by atoms with Gasteiger partial charge in [-0.05, 0) is 63.6 Å². The van der Waals surface area contributed by atoms with Crippen LogP contribution < -0.4 is 5.32 Å². The number of carbonyl (C=O) groups excluding carboxylic acids is 1. The third-order valence-corrected chi connectivity index (χ3v) is 7.28. The van der Waals surface area contributed by atoms with E-state index < -0.39 is 15.4 Å².